The van der Waals surface area contributed by atoms with Crippen LogP contribution in [0.4, 0.5) is 11.4 Å². The standard InChI is InChI=1S/C28H25N3O4S/c1-17(27(32)30-21-10-12-23(13-11-21)35-22-7-5-4-6-8-22)31-25-15-20(24-16-36-19(3)29-24)9-14-26(25)34-18(2)28(31)33/h4-18H,1-3H3,(H,30,32). The second-order valence-electron chi connectivity index (χ2n) is 8.51. The van der Waals surface area contributed by atoms with Crippen molar-refractivity contribution in [1.29, 1.82) is 0 Å². The zero-order valence-electron chi connectivity index (χ0n) is 20.1. The van der Waals surface area contributed by atoms with Gasteiger partial charge in [0, 0.05) is 16.6 Å². The monoisotopic (exact) mass is 499 g/mol. The van der Waals surface area contributed by atoms with Crippen LogP contribution >= 0.6 is 11.3 Å². The number of fused-ring (bicyclic) bond motifs is 1. The summed E-state index contributed by atoms with van der Waals surface area (Å²) in [6, 6.07) is 21.4. The van der Waals surface area contributed by atoms with Crippen molar-refractivity contribution in [2.45, 2.75) is 32.9 Å². The number of carbonyl (C=O) groups is 2. The summed E-state index contributed by atoms with van der Waals surface area (Å²) >= 11 is 1.56. The lowest BCUT2D eigenvalue weighted by Gasteiger charge is -2.36. The summed E-state index contributed by atoms with van der Waals surface area (Å²) in [4.78, 5) is 32.4. The van der Waals surface area contributed by atoms with E-state index in [0.717, 1.165) is 22.0 Å². The zero-order chi connectivity index (χ0) is 25.2. The minimum Gasteiger partial charge on any atom is -0.479 e. The molecule has 7 nitrogen and oxygen atoms in total. The van der Waals surface area contributed by atoms with Gasteiger partial charge in [-0.05, 0) is 75.4 Å². The van der Waals surface area contributed by atoms with Gasteiger partial charge in [0.1, 0.15) is 23.3 Å². The van der Waals surface area contributed by atoms with Crippen molar-refractivity contribution in [3.8, 4) is 28.5 Å². The number of ether oxygens (including phenoxy) is 2. The lowest BCUT2D eigenvalue weighted by atomic mass is 10.1. The molecule has 0 spiro atoms. The molecule has 0 fully saturated rings. The Bertz CT molecular complexity index is 1400. The minimum absolute atomic E-state index is 0.275. The highest BCUT2D eigenvalue weighted by Gasteiger charge is 2.37. The van der Waals surface area contributed by atoms with Crippen molar-refractivity contribution in [1.82, 2.24) is 4.98 Å². The highest BCUT2D eigenvalue weighted by molar-refractivity contribution is 7.09. The van der Waals surface area contributed by atoms with Crippen LogP contribution in [0.1, 0.15) is 18.9 Å². The largest absolute Gasteiger partial charge is 0.479 e. The lowest BCUT2D eigenvalue weighted by molar-refractivity contribution is -0.128. The van der Waals surface area contributed by atoms with Gasteiger partial charge in [-0.2, -0.15) is 0 Å². The molecule has 1 aliphatic rings. The molecular weight excluding hydrogens is 474 g/mol. The fraction of sp³-hybridized carbons (Fsp3) is 0.179. The third kappa shape index (κ3) is 4.81. The van der Waals surface area contributed by atoms with Gasteiger partial charge in [-0.1, -0.05) is 18.2 Å². The number of anilines is 2. The highest BCUT2D eigenvalue weighted by atomic mass is 32.1. The second kappa shape index (κ2) is 9.83. The van der Waals surface area contributed by atoms with Gasteiger partial charge in [0.2, 0.25) is 5.91 Å². The van der Waals surface area contributed by atoms with Gasteiger partial charge < -0.3 is 14.8 Å². The molecule has 0 bridgehead atoms. The topological polar surface area (TPSA) is 80.8 Å². The average Bonchev–Trinajstić information content (AvgIpc) is 3.32. The number of aryl methyl sites for hydroxylation is 1. The first-order valence-corrected chi connectivity index (χ1v) is 12.5. The molecule has 2 atom stereocenters. The van der Waals surface area contributed by atoms with E-state index in [9.17, 15) is 9.59 Å². The van der Waals surface area contributed by atoms with E-state index in [0.29, 0.717) is 22.9 Å². The van der Waals surface area contributed by atoms with Gasteiger partial charge in [0.25, 0.3) is 5.91 Å². The predicted molar refractivity (Wildman–Crippen MR) is 141 cm³/mol. The first-order chi connectivity index (χ1) is 17.4. The maximum Gasteiger partial charge on any atom is 0.268 e. The molecular formula is C28H25N3O4S. The number of hydrogen-bond acceptors (Lipinski definition) is 6. The van der Waals surface area contributed by atoms with Crippen LogP contribution < -0.4 is 19.7 Å². The van der Waals surface area contributed by atoms with Crippen LogP contribution in [0.3, 0.4) is 0 Å². The van der Waals surface area contributed by atoms with Gasteiger partial charge >= 0.3 is 0 Å². The smallest absolute Gasteiger partial charge is 0.268 e. The number of nitrogens with zero attached hydrogens (tertiary/aromatic N) is 2. The summed E-state index contributed by atoms with van der Waals surface area (Å²) in [6.07, 6.45) is -0.700. The van der Waals surface area contributed by atoms with Gasteiger partial charge in [0.15, 0.2) is 6.10 Å². The first kappa shape index (κ1) is 23.6. The number of thiazole rings is 1. The molecule has 2 heterocycles. The van der Waals surface area contributed by atoms with Crippen molar-refractivity contribution in [2.24, 2.45) is 0 Å². The molecule has 182 valence electrons. The number of rotatable bonds is 6. The molecule has 8 heteroatoms. The van der Waals surface area contributed by atoms with E-state index in [4.69, 9.17) is 9.47 Å². The van der Waals surface area contributed by atoms with Crippen molar-refractivity contribution in [3.05, 3.63) is 83.2 Å². The number of nitrogens with one attached hydrogen (secondary N) is 1. The van der Waals surface area contributed by atoms with Crippen LogP contribution in [0.25, 0.3) is 11.3 Å². The Balaban J connectivity index is 1.35. The fourth-order valence-corrected chi connectivity index (χ4v) is 4.63. The van der Waals surface area contributed by atoms with E-state index in [1.165, 1.54) is 4.90 Å². The van der Waals surface area contributed by atoms with Crippen LogP contribution in [-0.4, -0.2) is 28.9 Å². The molecule has 0 aliphatic carbocycles. The Hall–Kier alpha value is -4.17. The SMILES string of the molecule is Cc1nc(-c2ccc3c(c2)N(C(C)C(=O)Nc2ccc(Oc4ccccc4)cc2)C(=O)C(C)O3)cs1. The van der Waals surface area contributed by atoms with E-state index in [2.05, 4.69) is 10.3 Å². The molecule has 0 radical (unpaired) electrons. The fourth-order valence-electron chi connectivity index (χ4n) is 4.01. The van der Waals surface area contributed by atoms with E-state index >= 15 is 0 Å². The minimum atomic E-state index is -0.768. The number of amides is 2. The molecule has 2 unspecified atom stereocenters. The molecule has 2 amide bonds. The molecule has 1 aromatic heterocycles. The maximum absolute atomic E-state index is 13.2. The van der Waals surface area contributed by atoms with Crippen molar-refractivity contribution < 1.29 is 19.1 Å². The van der Waals surface area contributed by atoms with Crippen LogP contribution in [0.2, 0.25) is 0 Å². The predicted octanol–water partition coefficient (Wildman–Crippen LogP) is 6.05. The van der Waals surface area contributed by atoms with Crippen molar-refractivity contribution in [2.75, 3.05) is 10.2 Å². The Morgan fingerprint density at radius 1 is 1.08 bits per heavy atom. The Morgan fingerprint density at radius 3 is 2.50 bits per heavy atom. The van der Waals surface area contributed by atoms with E-state index in [-0.39, 0.29) is 11.8 Å². The molecule has 1 N–H and O–H groups in total. The van der Waals surface area contributed by atoms with Crippen LogP contribution in [0, 0.1) is 6.92 Å². The number of hydrogen-bond donors (Lipinski definition) is 1. The maximum atomic E-state index is 13.2. The summed E-state index contributed by atoms with van der Waals surface area (Å²) in [5.74, 6) is 1.36. The molecule has 5 rings (SSSR count). The zero-order valence-corrected chi connectivity index (χ0v) is 20.9. The van der Waals surface area contributed by atoms with Gasteiger partial charge in [0.05, 0.1) is 16.4 Å². The highest BCUT2D eigenvalue weighted by Crippen LogP contribution is 2.39. The van der Waals surface area contributed by atoms with Crippen LogP contribution in [0.15, 0.2) is 78.2 Å². The number of para-hydroxylation sites is 1. The van der Waals surface area contributed by atoms with Gasteiger partial charge in [-0.3, -0.25) is 14.5 Å². The summed E-state index contributed by atoms with van der Waals surface area (Å²) < 4.78 is 11.6. The third-order valence-corrected chi connectivity index (χ3v) is 6.66. The molecule has 0 saturated carbocycles. The molecule has 0 saturated heterocycles. The molecule has 1 aliphatic heterocycles. The lowest BCUT2D eigenvalue weighted by Crippen LogP contribution is -2.52. The van der Waals surface area contributed by atoms with E-state index in [1.807, 2.05) is 60.8 Å². The quantitative estimate of drug-likeness (QED) is 0.349. The van der Waals surface area contributed by atoms with E-state index in [1.54, 1.807) is 49.4 Å². The number of benzene rings is 3. The number of aromatic nitrogens is 1. The summed E-state index contributed by atoms with van der Waals surface area (Å²) in [6.45, 7) is 5.34. The van der Waals surface area contributed by atoms with Crippen molar-refractivity contribution in [3.63, 3.8) is 0 Å². The normalized spacial score (nSPS) is 15.6. The average molecular weight is 500 g/mol. The second-order valence-corrected chi connectivity index (χ2v) is 9.57. The molecule has 3 aromatic carbocycles. The van der Waals surface area contributed by atoms with Crippen molar-refractivity contribution >= 4 is 34.5 Å². The first-order valence-electron chi connectivity index (χ1n) is 11.6. The molecule has 4 aromatic rings. The Kier molecular flexibility index (Phi) is 6.43. The summed E-state index contributed by atoms with van der Waals surface area (Å²) in [7, 11) is 0. The van der Waals surface area contributed by atoms with Crippen LogP contribution in [0.5, 0.6) is 17.2 Å². The summed E-state index contributed by atoms with van der Waals surface area (Å²) in [5.41, 5.74) is 2.83. The summed E-state index contributed by atoms with van der Waals surface area (Å²) in [5, 5.41) is 5.83. The number of carbonyl (C=O) groups excluding carboxylic acids is 2. The third-order valence-electron chi connectivity index (χ3n) is 5.89. The van der Waals surface area contributed by atoms with Crippen LogP contribution in [-0.2, 0) is 9.59 Å². The van der Waals surface area contributed by atoms with Gasteiger partial charge in [-0.15, -0.1) is 11.3 Å². The van der Waals surface area contributed by atoms with E-state index < -0.39 is 12.1 Å². The Labute approximate surface area is 213 Å². The molecule has 36 heavy (non-hydrogen) atoms. The van der Waals surface area contributed by atoms with Gasteiger partial charge in [-0.25, -0.2) is 4.98 Å². The Morgan fingerprint density at radius 2 is 1.81 bits per heavy atom.